The van der Waals surface area contributed by atoms with Crippen LogP contribution in [0.15, 0.2) is 48.7 Å². The van der Waals surface area contributed by atoms with E-state index in [4.69, 9.17) is 39.5 Å². The van der Waals surface area contributed by atoms with Gasteiger partial charge in [-0.2, -0.15) is 4.98 Å². The van der Waals surface area contributed by atoms with E-state index in [9.17, 15) is 0 Å². The first-order chi connectivity index (χ1) is 12.0. The summed E-state index contributed by atoms with van der Waals surface area (Å²) in [6.45, 7) is 0. The smallest absolute Gasteiger partial charge is 0.229 e. The minimum Gasteiger partial charge on any atom is -0.495 e. The van der Waals surface area contributed by atoms with E-state index in [2.05, 4.69) is 20.6 Å². The summed E-state index contributed by atoms with van der Waals surface area (Å²) in [6.07, 6.45) is 1.63. The monoisotopic (exact) mass is 394 g/mol. The highest BCUT2D eigenvalue weighted by molar-refractivity contribution is 6.35. The first kappa shape index (κ1) is 17.6. The van der Waals surface area contributed by atoms with Crippen LogP contribution in [0.2, 0.25) is 15.1 Å². The summed E-state index contributed by atoms with van der Waals surface area (Å²) in [5, 5.41) is 7.79. The van der Waals surface area contributed by atoms with Gasteiger partial charge < -0.3 is 15.4 Å². The molecule has 0 amide bonds. The average Bonchev–Trinajstić information content (AvgIpc) is 2.59. The molecule has 3 aromatic rings. The fraction of sp³-hybridized carbons (Fsp3) is 0.0588. The van der Waals surface area contributed by atoms with Crippen LogP contribution in [0.3, 0.4) is 0 Å². The van der Waals surface area contributed by atoms with Crippen LogP contribution in [-0.2, 0) is 0 Å². The molecule has 0 saturated carbocycles. The maximum Gasteiger partial charge on any atom is 0.229 e. The van der Waals surface area contributed by atoms with Gasteiger partial charge in [0, 0.05) is 16.9 Å². The van der Waals surface area contributed by atoms with Crippen molar-refractivity contribution in [2.24, 2.45) is 0 Å². The fourth-order valence-electron chi connectivity index (χ4n) is 2.09. The summed E-state index contributed by atoms with van der Waals surface area (Å²) in [4.78, 5) is 8.58. The van der Waals surface area contributed by atoms with Gasteiger partial charge in [-0.3, -0.25) is 0 Å². The largest absolute Gasteiger partial charge is 0.495 e. The van der Waals surface area contributed by atoms with Crippen LogP contribution in [0.25, 0.3) is 0 Å². The number of ether oxygens (including phenoxy) is 1. The number of nitrogens with one attached hydrogen (secondary N) is 2. The second-order valence-corrected chi connectivity index (χ2v) is 6.24. The molecule has 5 nitrogen and oxygen atoms in total. The van der Waals surface area contributed by atoms with Crippen molar-refractivity contribution in [3.63, 3.8) is 0 Å². The molecule has 2 N–H and O–H groups in total. The molecule has 0 aliphatic heterocycles. The number of hydrogen-bond donors (Lipinski definition) is 2. The maximum atomic E-state index is 6.14. The maximum absolute atomic E-state index is 6.14. The molecule has 0 atom stereocenters. The highest BCUT2D eigenvalue weighted by Gasteiger charge is 2.06. The van der Waals surface area contributed by atoms with E-state index in [0.29, 0.717) is 38.3 Å². The van der Waals surface area contributed by atoms with Crippen LogP contribution in [0, 0.1) is 0 Å². The number of nitrogens with zero attached hydrogens (tertiary/aromatic N) is 2. The Balaban J connectivity index is 1.79. The normalized spacial score (nSPS) is 10.4. The summed E-state index contributed by atoms with van der Waals surface area (Å²) in [5.41, 5.74) is 1.40. The molecule has 8 heteroatoms. The summed E-state index contributed by atoms with van der Waals surface area (Å²) in [7, 11) is 1.57. The van der Waals surface area contributed by atoms with E-state index < -0.39 is 0 Å². The van der Waals surface area contributed by atoms with E-state index >= 15 is 0 Å². The molecule has 128 valence electrons. The van der Waals surface area contributed by atoms with E-state index in [1.54, 1.807) is 49.7 Å². The SMILES string of the molecule is COc1ccc(Nc2ccnc(Nc3cc(Cl)ccc3Cl)n2)cc1Cl. The lowest BCUT2D eigenvalue weighted by Crippen LogP contribution is -2.01. The lowest BCUT2D eigenvalue weighted by Gasteiger charge is -2.11. The van der Waals surface area contributed by atoms with Gasteiger partial charge in [-0.1, -0.05) is 34.8 Å². The molecule has 0 bridgehead atoms. The molecule has 2 aromatic carbocycles. The molecule has 0 unspecified atom stereocenters. The third kappa shape index (κ3) is 4.45. The molecule has 25 heavy (non-hydrogen) atoms. The Hall–Kier alpha value is -2.21. The van der Waals surface area contributed by atoms with E-state index in [1.165, 1.54) is 0 Å². The number of benzene rings is 2. The zero-order valence-corrected chi connectivity index (χ0v) is 15.3. The van der Waals surface area contributed by atoms with Crippen LogP contribution >= 0.6 is 34.8 Å². The first-order valence-electron chi connectivity index (χ1n) is 7.21. The van der Waals surface area contributed by atoms with Crippen molar-refractivity contribution in [3.05, 3.63) is 63.7 Å². The summed E-state index contributed by atoms with van der Waals surface area (Å²) < 4.78 is 5.14. The van der Waals surface area contributed by atoms with Crippen LogP contribution in [-0.4, -0.2) is 17.1 Å². The van der Waals surface area contributed by atoms with Gasteiger partial charge >= 0.3 is 0 Å². The predicted molar refractivity (Wildman–Crippen MR) is 103 cm³/mol. The molecule has 0 aliphatic rings. The number of anilines is 4. The van der Waals surface area contributed by atoms with Crippen molar-refractivity contribution in [1.29, 1.82) is 0 Å². The third-order valence-corrected chi connectivity index (χ3v) is 4.11. The van der Waals surface area contributed by atoms with Gasteiger partial charge in [-0.25, -0.2) is 4.98 Å². The number of methoxy groups -OCH3 is 1. The van der Waals surface area contributed by atoms with Crippen LogP contribution < -0.4 is 15.4 Å². The van der Waals surface area contributed by atoms with Gasteiger partial charge in [0.25, 0.3) is 0 Å². The van der Waals surface area contributed by atoms with Crippen molar-refractivity contribution in [3.8, 4) is 5.75 Å². The van der Waals surface area contributed by atoms with Crippen molar-refractivity contribution >= 4 is 57.9 Å². The minimum atomic E-state index is 0.383. The molecule has 1 aromatic heterocycles. The molecular formula is C17H13Cl3N4O. The molecule has 0 aliphatic carbocycles. The van der Waals surface area contributed by atoms with Crippen molar-refractivity contribution in [2.45, 2.75) is 0 Å². The fourth-order valence-corrected chi connectivity index (χ4v) is 2.69. The summed E-state index contributed by atoms with van der Waals surface area (Å²) >= 11 is 18.3. The zero-order valence-electron chi connectivity index (χ0n) is 13.1. The van der Waals surface area contributed by atoms with Crippen LogP contribution in [0.4, 0.5) is 23.1 Å². The average molecular weight is 396 g/mol. The van der Waals surface area contributed by atoms with E-state index in [1.807, 2.05) is 6.07 Å². The van der Waals surface area contributed by atoms with Gasteiger partial charge in [-0.15, -0.1) is 0 Å². The van der Waals surface area contributed by atoms with Crippen LogP contribution in [0.5, 0.6) is 5.75 Å². The van der Waals surface area contributed by atoms with Crippen molar-refractivity contribution < 1.29 is 4.74 Å². The summed E-state index contributed by atoms with van der Waals surface area (Å²) in [6, 6.07) is 12.2. The topological polar surface area (TPSA) is 59.1 Å². The highest BCUT2D eigenvalue weighted by Crippen LogP contribution is 2.30. The lowest BCUT2D eigenvalue weighted by atomic mass is 10.3. The van der Waals surface area contributed by atoms with Gasteiger partial charge in [0.15, 0.2) is 0 Å². The van der Waals surface area contributed by atoms with Gasteiger partial charge in [0.1, 0.15) is 11.6 Å². The van der Waals surface area contributed by atoms with Gasteiger partial charge in [0.05, 0.1) is 22.8 Å². The Morgan fingerprint density at radius 1 is 0.920 bits per heavy atom. The molecular weight excluding hydrogens is 383 g/mol. The third-order valence-electron chi connectivity index (χ3n) is 3.25. The van der Waals surface area contributed by atoms with Gasteiger partial charge in [0.2, 0.25) is 5.95 Å². The predicted octanol–water partition coefficient (Wildman–Crippen LogP) is 5.93. The molecule has 0 saturated heterocycles. The highest BCUT2D eigenvalue weighted by atomic mass is 35.5. The molecule has 3 rings (SSSR count). The quantitative estimate of drug-likeness (QED) is 0.560. The molecule has 0 spiro atoms. The van der Waals surface area contributed by atoms with E-state index in [0.717, 1.165) is 5.69 Å². The zero-order chi connectivity index (χ0) is 17.8. The molecule has 0 fully saturated rings. The number of halogens is 3. The second-order valence-electron chi connectivity index (χ2n) is 4.99. The Morgan fingerprint density at radius 2 is 1.76 bits per heavy atom. The Labute approximate surface area is 159 Å². The standard InChI is InChI=1S/C17H13Cl3N4O/c1-25-15-5-3-11(9-13(15)20)22-16-6-7-21-17(24-16)23-14-8-10(18)2-4-12(14)19/h2-9H,1H3,(H2,21,22,23,24). The number of hydrogen-bond acceptors (Lipinski definition) is 5. The Bertz CT molecular complexity index is 905. The Morgan fingerprint density at radius 3 is 2.52 bits per heavy atom. The van der Waals surface area contributed by atoms with Gasteiger partial charge in [-0.05, 0) is 42.5 Å². The second kappa shape index (κ2) is 7.78. The van der Waals surface area contributed by atoms with Crippen molar-refractivity contribution in [2.75, 3.05) is 17.7 Å². The lowest BCUT2D eigenvalue weighted by molar-refractivity contribution is 0.415. The molecule has 0 radical (unpaired) electrons. The van der Waals surface area contributed by atoms with Crippen molar-refractivity contribution in [1.82, 2.24) is 9.97 Å². The Kier molecular flexibility index (Phi) is 5.48. The van der Waals surface area contributed by atoms with Crippen LogP contribution in [0.1, 0.15) is 0 Å². The first-order valence-corrected chi connectivity index (χ1v) is 8.34. The number of rotatable bonds is 5. The summed E-state index contributed by atoms with van der Waals surface area (Å²) in [5.74, 6) is 1.58. The minimum absolute atomic E-state index is 0.383. The number of aromatic nitrogens is 2. The van der Waals surface area contributed by atoms with E-state index in [-0.39, 0.29) is 0 Å². The molecule has 1 heterocycles.